The summed E-state index contributed by atoms with van der Waals surface area (Å²) < 4.78 is 10.8. The lowest BCUT2D eigenvalue weighted by molar-refractivity contribution is -0.117. The van der Waals surface area contributed by atoms with Gasteiger partial charge in [0.25, 0.3) is 11.8 Å². The first-order valence-corrected chi connectivity index (χ1v) is 7.31. The third-order valence-corrected chi connectivity index (χ3v) is 3.20. The minimum Gasteiger partial charge on any atom is -0.486 e. The third kappa shape index (κ3) is 3.89. The highest BCUT2D eigenvalue weighted by molar-refractivity contribution is 5.98. The lowest BCUT2D eigenvalue weighted by Gasteiger charge is -2.18. The minimum atomic E-state index is -0.466. The van der Waals surface area contributed by atoms with E-state index in [9.17, 15) is 9.59 Å². The summed E-state index contributed by atoms with van der Waals surface area (Å²) in [5.41, 5.74) is 5.64. The van der Waals surface area contributed by atoms with E-state index in [1.165, 1.54) is 6.08 Å². The van der Waals surface area contributed by atoms with Crippen molar-refractivity contribution >= 4 is 17.9 Å². The van der Waals surface area contributed by atoms with Crippen molar-refractivity contribution in [3.8, 4) is 11.5 Å². The van der Waals surface area contributed by atoms with Gasteiger partial charge < -0.3 is 9.47 Å². The molecule has 0 atom stereocenters. The monoisotopic (exact) mass is 325 g/mol. The number of hydrogen-bond acceptors (Lipinski definition) is 5. The molecule has 0 unspecified atom stereocenters. The van der Waals surface area contributed by atoms with E-state index in [4.69, 9.17) is 9.47 Å². The van der Waals surface area contributed by atoms with Gasteiger partial charge in [0, 0.05) is 17.8 Å². The highest BCUT2D eigenvalue weighted by Gasteiger charge is 2.15. The summed E-state index contributed by atoms with van der Waals surface area (Å²) in [6, 6.07) is 10.2. The van der Waals surface area contributed by atoms with Crippen LogP contribution >= 0.6 is 0 Å². The molecule has 2 aromatic rings. The number of pyridine rings is 1. The second kappa shape index (κ2) is 7.28. The molecule has 3 rings (SSSR count). The molecule has 0 fully saturated rings. The van der Waals surface area contributed by atoms with Crippen LogP contribution in [0, 0.1) is 0 Å². The molecule has 7 nitrogen and oxygen atoms in total. The Balaban J connectivity index is 1.55. The number of rotatable bonds is 3. The molecule has 7 heteroatoms. The van der Waals surface area contributed by atoms with Crippen molar-refractivity contribution in [1.29, 1.82) is 0 Å². The van der Waals surface area contributed by atoms with E-state index in [2.05, 4.69) is 15.8 Å². The number of benzene rings is 1. The zero-order chi connectivity index (χ0) is 16.8. The number of ether oxygens (including phenoxy) is 2. The van der Waals surface area contributed by atoms with Crippen molar-refractivity contribution < 1.29 is 19.1 Å². The summed E-state index contributed by atoms with van der Waals surface area (Å²) in [7, 11) is 0. The van der Waals surface area contributed by atoms with Gasteiger partial charge in [-0.2, -0.15) is 0 Å². The average molecular weight is 325 g/mol. The van der Waals surface area contributed by atoms with E-state index >= 15 is 0 Å². The van der Waals surface area contributed by atoms with E-state index in [0.29, 0.717) is 36.0 Å². The van der Waals surface area contributed by atoms with Crippen molar-refractivity contribution in [1.82, 2.24) is 15.8 Å². The molecule has 0 aliphatic carbocycles. The Morgan fingerprint density at radius 1 is 1.04 bits per heavy atom. The first-order chi connectivity index (χ1) is 11.7. The van der Waals surface area contributed by atoms with Gasteiger partial charge in [-0.15, -0.1) is 0 Å². The summed E-state index contributed by atoms with van der Waals surface area (Å²) in [6.45, 7) is 0.921. The first-order valence-electron chi connectivity index (χ1n) is 7.31. The van der Waals surface area contributed by atoms with Crippen LogP contribution in [0.25, 0.3) is 6.08 Å². The van der Waals surface area contributed by atoms with Gasteiger partial charge in [0.05, 0.1) is 5.69 Å². The lowest BCUT2D eigenvalue weighted by Crippen LogP contribution is -2.40. The number of aromatic nitrogens is 1. The van der Waals surface area contributed by atoms with Gasteiger partial charge in [-0.3, -0.25) is 25.4 Å². The zero-order valence-electron chi connectivity index (χ0n) is 12.7. The fourth-order valence-corrected chi connectivity index (χ4v) is 2.05. The maximum atomic E-state index is 12.1. The maximum Gasteiger partial charge on any atom is 0.269 e. The van der Waals surface area contributed by atoms with Gasteiger partial charge in [0.2, 0.25) is 0 Å². The van der Waals surface area contributed by atoms with E-state index < -0.39 is 11.8 Å². The number of nitrogens with one attached hydrogen (secondary N) is 2. The number of amides is 2. The number of carbonyl (C=O) groups excluding carboxylic acids is 2. The van der Waals surface area contributed by atoms with Crippen molar-refractivity contribution in [2.75, 3.05) is 13.2 Å². The van der Waals surface area contributed by atoms with Gasteiger partial charge >= 0.3 is 0 Å². The molecule has 1 aliphatic rings. The third-order valence-electron chi connectivity index (χ3n) is 3.20. The van der Waals surface area contributed by atoms with Gasteiger partial charge in [-0.1, -0.05) is 6.07 Å². The Morgan fingerprint density at radius 2 is 1.88 bits per heavy atom. The van der Waals surface area contributed by atoms with Crippen LogP contribution in [0.5, 0.6) is 11.5 Å². The van der Waals surface area contributed by atoms with Crippen molar-refractivity contribution in [2.24, 2.45) is 0 Å². The molecule has 24 heavy (non-hydrogen) atoms. The lowest BCUT2D eigenvalue weighted by atomic mass is 10.2. The molecule has 0 bridgehead atoms. The predicted octanol–water partition coefficient (Wildman–Crippen LogP) is 1.33. The summed E-state index contributed by atoms with van der Waals surface area (Å²) >= 11 is 0. The summed E-state index contributed by atoms with van der Waals surface area (Å²) in [5, 5.41) is 0. The normalized spacial score (nSPS) is 12.7. The second-order valence-corrected chi connectivity index (χ2v) is 4.89. The molecular formula is C17H15N3O4. The van der Waals surface area contributed by atoms with Gasteiger partial charge in [0.15, 0.2) is 11.5 Å². The molecule has 2 N–H and O–H groups in total. The maximum absolute atomic E-state index is 12.1. The Labute approximate surface area is 138 Å². The summed E-state index contributed by atoms with van der Waals surface area (Å²) in [5.74, 6) is 0.188. The Kier molecular flexibility index (Phi) is 4.71. The van der Waals surface area contributed by atoms with E-state index in [-0.39, 0.29) is 0 Å². The molecule has 1 aliphatic heterocycles. The number of fused-ring (bicyclic) bond motifs is 1. The van der Waals surface area contributed by atoms with Crippen LogP contribution in [-0.2, 0) is 4.79 Å². The molecule has 2 heterocycles. The fraction of sp³-hybridized carbons (Fsp3) is 0.118. The van der Waals surface area contributed by atoms with Crippen LogP contribution in [0.2, 0.25) is 0 Å². The first kappa shape index (κ1) is 15.5. The number of carbonyl (C=O) groups is 2. The average Bonchev–Trinajstić information content (AvgIpc) is 2.65. The molecule has 0 saturated heterocycles. The smallest absolute Gasteiger partial charge is 0.269 e. The SMILES string of the molecule is O=C(/C=C/c1ccccn1)NNC(=O)c1ccc2c(c1)OCCO2. The van der Waals surface area contributed by atoms with Crippen LogP contribution in [-0.4, -0.2) is 30.0 Å². The van der Waals surface area contributed by atoms with Crippen LogP contribution in [0.1, 0.15) is 16.1 Å². The molecule has 1 aromatic heterocycles. The fourth-order valence-electron chi connectivity index (χ4n) is 2.05. The molecule has 1 aromatic carbocycles. The number of hydrogen-bond donors (Lipinski definition) is 2. The van der Waals surface area contributed by atoms with E-state index in [1.807, 2.05) is 6.07 Å². The molecular weight excluding hydrogens is 310 g/mol. The van der Waals surface area contributed by atoms with Crippen molar-refractivity contribution in [2.45, 2.75) is 0 Å². The van der Waals surface area contributed by atoms with Crippen LogP contribution in [0.15, 0.2) is 48.7 Å². The number of nitrogens with zero attached hydrogens (tertiary/aromatic N) is 1. The van der Waals surface area contributed by atoms with E-state index in [1.54, 1.807) is 42.6 Å². The van der Waals surface area contributed by atoms with Crippen LogP contribution < -0.4 is 20.3 Å². The molecule has 0 saturated carbocycles. The molecule has 122 valence electrons. The molecule has 0 spiro atoms. The Hall–Kier alpha value is -3.35. The largest absolute Gasteiger partial charge is 0.486 e. The van der Waals surface area contributed by atoms with Crippen molar-refractivity contribution in [3.63, 3.8) is 0 Å². The van der Waals surface area contributed by atoms with Crippen LogP contribution in [0.4, 0.5) is 0 Å². The van der Waals surface area contributed by atoms with Gasteiger partial charge in [0.1, 0.15) is 13.2 Å². The molecule has 0 radical (unpaired) electrons. The molecule has 2 amide bonds. The Morgan fingerprint density at radius 3 is 2.67 bits per heavy atom. The predicted molar refractivity (Wildman–Crippen MR) is 86.3 cm³/mol. The quantitative estimate of drug-likeness (QED) is 0.656. The van der Waals surface area contributed by atoms with Crippen LogP contribution in [0.3, 0.4) is 0 Å². The summed E-state index contributed by atoms with van der Waals surface area (Å²) in [4.78, 5) is 27.8. The minimum absolute atomic E-state index is 0.355. The highest BCUT2D eigenvalue weighted by Crippen LogP contribution is 2.30. The number of hydrazine groups is 1. The summed E-state index contributed by atoms with van der Waals surface area (Å²) in [6.07, 6.45) is 4.46. The van der Waals surface area contributed by atoms with Crippen molar-refractivity contribution in [3.05, 3.63) is 59.9 Å². The van der Waals surface area contributed by atoms with Gasteiger partial charge in [-0.25, -0.2) is 0 Å². The van der Waals surface area contributed by atoms with Gasteiger partial charge in [-0.05, 0) is 36.4 Å². The zero-order valence-corrected chi connectivity index (χ0v) is 12.7. The second-order valence-electron chi connectivity index (χ2n) is 4.89. The highest BCUT2D eigenvalue weighted by atomic mass is 16.6. The Bertz CT molecular complexity index is 775. The topological polar surface area (TPSA) is 89.6 Å². The van der Waals surface area contributed by atoms with E-state index in [0.717, 1.165) is 0 Å². The standard InChI is InChI=1S/C17H15N3O4/c21-16(7-5-13-3-1-2-8-18-13)19-20-17(22)12-4-6-14-15(11-12)24-10-9-23-14/h1-8,11H,9-10H2,(H,19,21)(H,20,22)/b7-5+.